The van der Waals surface area contributed by atoms with Gasteiger partial charge in [-0.15, -0.1) is 0 Å². The average Bonchev–Trinajstić information content (AvgIpc) is 2.88. The summed E-state index contributed by atoms with van der Waals surface area (Å²) >= 11 is 0. The molecule has 2 N–H and O–H groups in total. The number of hydrogen-bond acceptors (Lipinski definition) is 4. The summed E-state index contributed by atoms with van der Waals surface area (Å²) in [5.74, 6) is -0.374. The van der Waals surface area contributed by atoms with Gasteiger partial charge in [-0.2, -0.15) is 0 Å². The van der Waals surface area contributed by atoms with E-state index in [0.717, 1.165) is 5.56 Å². The van der Waals surface area contributed by atoms with Gasteiger partial charge < -0.3 is 15.0 Å². The highest BCUT2D eigenvalue weighted by atomic mass is 16.5. The fraction of sp³-hybridized carbons (Fsp3) is 0.286. The zero-order chi connectivity index (χ0) is 13.8. The number of aromatic nitrogens is 2. The predicted octanol–water partition coefficient (Wildman–Crippen LogP) is 2.25. The number of carbonyl (C=O) groups is 1. The highest BCUT2D eigenvalue weighted by Gasteiger charge is 2.18. The third kappa shape index (κ3) is 2.59. The Labute approximate surface area is 112 Å². The number of nitrogen functional groups attached to an aromatic ring is 1. The van der Waals surface area contributed by atoms with Gasteiger partial charge in [0.1, 0.15) is 5.69 Å². The first-order valence-corrected chi connectivity index (χ1v) is 6.18. The van der Waals surface area contributed by atoms with E-state index in [9.17, 15) is 4.79 Å². The van der Waals surface area contributed by atoms with Gasteiger partial charge in [0, 0.05) is 5.69 Å². The number of hydrogen-bond donors (Lipinski definition) is 1. The maximum absolute atomic E-state index is 11.8. The van der Waals surface area contributed by atoms with Crippen LogP contribution in [0.3, 0.4) is 0 Å². The molecule has 0 radical (unpaired) electrons. The van der Waals surface area contributed by atoms with Crippen molar-refractivity contribution < 1.29 is 9.53 Å². The van der Waals surface area contributed by atoms with Crippen LogP contribution in [0.5, 0.6) is 0 Å². The lowest BCUT2D eigenvalue weighted by atomic mass is 10.1. The van der Waals surface area contributed by atoms with Gasteiger partial charge in [-0.3, -0.25) is 0 Å². The molecule has 1 unspecified atom stereocenters. The second kappa shape index (κ2) is 5.56. The van der Waals surface area contributed by atoms with Crippen LogP contribution in [-0.2, 0) is 4.74 Å². The minimum atomic E-state index is -0.374. The first-order chi connectivity index (χ1) is 9.15. The van der Waals surface area contributed by atoms with E-state index < -0.39 is 0 Å². The molecule has 0 saturated carbocycles. The van der Waals surface area contributed by atoms with Crippen molar-refractivity contribution in [2.75, 3.05) is 12.3 Å². The average molecular weight is 259 g/mol. The second-order valence-corrected chi connectivity index (χ2v) is 4.21. The van der Waals surface area contributed by atoms with Crippen LogP contribution in [0.4, 0.5) is 5.69 Å². The Morgan fingerprint density at radius 2 is 2.21 bits per heavy atom. The van der Waals surface area contributed by atoms with Gasteiger partial charge in [-0.05, 0) is 25.5 Å². The first-order valence-electron chi connectivity index (χ1n) is 6.18. The largest absolute Gasteiger partial charge is 0.461 e. The Morgan fingerprint density at radius 1 is 1.47 bits per heavy atom. The van der Waals surface area contributed by atoms with Crippen molar-refractivity contribution in [1.82, 2.24) is 9.55 Å². The standard InChI is InChI=1S/C14H17N3O2/c1-3-19-14(18)13-8-16-9-17(13)10(2)11-6-4-5-7-12(11)15/h4-10H,3,15H2,1-2H3. The van der Waals surface area contributed by atoms with Crippen molar-refractivity contribution in [2.24, 2.45) is 0 Å². The van der Waals surface area contributed by atoms with Crippen LogP contribution in [0.2, 0.25) is 0 Å². The molecule has 0 bridgehead atoms. The van der Waals surface area contributed by atoms with Crippen molar-refractivity contribution in [1.29, 1.82) is 0 Å². The molecule has 0 aliphatic rings. The van der Waals surface area contributed by atoms with Crippen molar-refractivity contribution in [2.45, 2.75) is 19.9 Å². The number of rotatable bonds is 4. The predicted molar refractivity (Wildman–Crippen MR) is 72.9 cm³/mol. The fourth-order valence-corrected chi connectivity index (χ4v) is 2.02. The lowest BCUT2D eigenvalue weighted by Crippen LogP contribution is -2.16. The molecule has 1 atom stereocenters. The van der Waals surface area contributed by atoms with Gasteiger partial charge in [0.2, 0.25) is 0 Å². The fourth-order valence-electron chi connectivity index (χ4n) is 2.02. The van der Waals surface area contributed by atoms with Gasteiger partial charge >= 0.3 is 5.97 Å². The third-order valence-corrected chi connectivity index (χ3v) is 3.01. The van der Waals surface area contributed by atoms with Crippen LogP contribution in [0, 0.1) is 0 Å². The summed E-state index contributed by atoms with van der Waals surface area (Å²) in [7, 11) is 0. The Hall–Kier alpha value is -2.30. The Balaban J connectivity index is 2.35. The van der Waals surface area contributed by atoms with E-state index in [-0.39, 0.29) is 12.0 Å². The van der Waals surface area contributed by atoms with Crippen LogP contribution < -0.4 is 5.73 Å². The van der Waals surface area contributed by atoms with Crippen LogP contribution in [0.1, 0.15) is 35.9 Å². The highest BCUT2D eigenvalue weighted by molar-refractivity contribution is 5.87. The Bertz CT molecular complexity index is 578. The minimum absolute atomic E-state index is 0.0805. The molecule has 0 fully saturated rings. The number of ether oxygens (including phenoxy) is 1. The topological polar surface area (TPSA) is 70.1 Å². The summed E-state index contributed by atoms with van der Waals surface area (Å²) in [4.78, 5) is 15.9. The molecule has 0 spiro atoms. The van der Waals surface area contributed by atoms with Gasteiger partial charge in [0.25, 0.3) is 0 Å². The van der Waals surface area contributed by atoms with Crippen molar-refractivity contribution in [3.63, 3.8) is 0 Å². The van der Waals surface area contributed by atoms with E-state index >= 15 is 0 Å². The number of anilines is 1. The van der Waals surface area contributed by atoms with E-state index in [1.807, 2.05) is 31.2 Å². The monoisotopic (exact) mass is 259 g/mol. The molecule has 1 aromatic carbocycles. The maximum Gasteiger partial charge on any atom is 0.356 e. The van der Waals surface area contributed by atoms with E-state index in [0.29, 0.717) is 18.0 Å². The molecule has 1 heterocycles. The molecule has 0 saturated heterocycles. The molecule has 2 rings (SSSR count). The van der Waals surface area contributed by atoms with E-state index in [2.05, 4.69) is 4.98 Å². The lowest BCUT2D eigenvalue weighted by molar-refractivity contribution is 0.0512. The van der Waals surface area contributed by atoms with Crippen molar-refractivity contribution >= 4 is 11.7 Å². The number of benzene rings is 1. The summed E-state index contributed by atoms with van der Waals surface area (Å²) in [5.41, 5.74) is 8.03. The third-order valence-electron chi connectivity index (χ3n) is 3.01. The molecule has 5 heteroatoms. The molecule has 100 valence electrons. The summed E-state index contributed by atoms with van der Waals surface area (Å²) in [5, 5.41) is 0. The molecular weight excluding hydrogens is 242 g/mol. The van der Waals surface area contributed by atoms with E-state index in [1.165, 1.54) is 6.20 Å². The Kier molecular flexibility index (Phi) is 3.85. The van der Waals surface area contributed by atoms with Crippen LogP contribution in [0.15, 0.2) is 36.8 Å². The summed E-state index contributed by atoms with van der Waals surface area (Å²) < 4.78 is 6.78. The van der Waals surface area contributed by atoms with Crippen LogP contribution >= 0.6 is 0 Å². The number of esters is 1. The molecule has 19 heavy (non-hydrogen) atoms. The zero-order valence-electron chi connectivity index (χ0n) is 11.0. The quantitative estimate of drug-likeness (QED) is 0.675. The molecule has 0 aliphatic heterocycles. The normalized spacial score (nSPS) is 12.1. The molecule has 1 aromatic heterocycles. The van der Waals surface area contributed by atoms with Gasteiger partial charge in [0.05, 0.1) is 25.2 Å². The first kappa shape index (κ1) is 13.1. The molecule has 5 nitrogen and oxygen atoms in total. The number of carbonyl (C=O) groups excluding carboxylic acids is 1. The molecule has 2 aromatic rings. The number of para-hydroxylation sites is 1. The summed E-state index contributed by atoms with van der Waals surface area (Å²) in [6.07, 6.45) is 3.12. The lowest BCUT2D eigenvalue weighted by Gasteiger charge is -2.18. The number of nitrogens with zero attached hydrogens (tertiary/aromatic N) is 2. The number of imidazole rings is 1. The minimum Gasteiger partial charge on any atom is -0.461 e. The summed E-state index contributed by atoms with van der Waals surface area (Å²) in [6, 6.07) is 7.50. The highest BCUT2D eigenvalue weighted by Crippen LogP contribution is 2.24. The zero-order valence-corrected chi connectivity index (χ0v) is 11.0. The van der Waals surface area contributed by atoms with Gasteiger partial charge in [-0.1, -0.05) is 18.2 Å². The second-order valence-electron chi connectivity index (χ2n) is 4.21. The molecular formula is C14H17N3O2. The van der Waals surface area contributed by atoms with E-state index in [1.54, 1.807) is 17.8 Å². The maximum atomic E-state index is 11.8. The van der Waals surface area contributed by atoms with Gasteiger partial charge in [-0.25, -0.2) is 9.78 Å². The van der Waals surface area contributed by atoms with Crippen LogP contribution in [0.25, 0.3) is 0 Å². The smallest absolute Gasteiger partial charge is 0.356 e. The van der Waals surface area contributed by atoms with Crippen molar-refractivity contribution in [3.8, 4) is 0 Å². The van der Waals surface area contributed by atoms with Crippen LogP contribution in [-0.4, -0.2) is 22.1 Å². The van der Waals surface area contributed by atoms with E-state index in [4.69, 9.17) is 10.5 Å². The van der Waals surface area contributed by atoms with Gasteiger partial charge in [0.15, 0.2) is 0 Å². The molecule has 0 aliphatic carbocycles. The molecule has 0 amide bonds. The Morgan fingerprint density at radius 3 is 2.89 bits per heavy atom. The summed E-state index contributed by atoms with van der Waals surface area (Å²) in [6.45, 7) is 4.08. The SMILES string of the molecule is CCOC(=O)c1cncn1C(C)c1ccccc1N. The number of nitrogens with two attached hydrogens (primary N) is 1. The van der Waals surface area contributed by atoms with Crippen molar-refractivity contribution in [3.05, 3.63) is 48.0 Å².